The van der Waals surface area contributed by atoms with E-state index in [0.29, 0.717) is 12.1 Å². The zero-order valence-corrected chi connectivity index (χ0v) is 11.0. The van der Waals surface area contributed by atoms with Gasteiger partial charge in [0, 0.05) is 24.7 Å². The lowest BCUT2D eigenvalue weighted by molar-refractivity contribution is 0.125. The molecule has 2 saturated heterocycles. The van der Waals surface area contributed by atoms with Gasteiger partial charge in [-0.2, -0.15) is 5.10 Å². The van der Waals surface area contributed by atoms with Gasteiger partial charge in [0.05, 0.1) is 18.4 Å². The van der Waals surface area contributed by atoms with Crippen molar-refractivity contribution in [3.63, 3.8) is 0 Å². The van der Waals surface area contributed by atoms with E-state index in [4.69, 9.17) is 0 Å². The van der Waals surface area contributed by atoms with Crippen LogP contribution in [0.15, 0.2) is 0 Å². The predicted octanol–water partition coefficient (Wildman–Crippen LogP) is 0.713. The van der Waals surface area contributed by atoms with E-state index in [2.05, 4.69) is 10.00 Å². The van der Waals surface area contributed by atoms with Crippen LogP contribution >= 0.6 is 0 Å². The lowest BCUT2D eigenvalue weighted by atomic mass is 9.99. The molecule has 100 valence electrons. The highest BCUT2D eigenvalue weighted by Crippen LogP contribution is 2.41. The van der Waals surface area contributed by atoms with Gasteiger partial charge in [-0.05, 0) is 32.6 Å². The quantitative estimate of drug-likeness (QED) is 0.813. The smallest absolute Gasteiger partial charge is 0.132 e. The highest BCUT2D eigenvalue weighted by molar-refractivity contribution is 5.53. The molecule has 0 aromatic carbocycles. The highest BCUT2D eigenvalue weighted by Gasteiger charge is 2.42. The Bertz CT molecular complexity index is 443. The van der Waals surface area contributed by atoms with Gasteiger partial charge in [-0.1, -0.05) is 0 Å². The fourth-order valence-electron chi connectivity index (χ4n) is 3.69. The van der Waals surface area contributed by atoms with Gasteiger partial charge in [0.25, 0.3) is 0 Å². The van der Waals surface area contributed by atoms with Gasteiger partial charge in [-0.25, -0.2) is 0 Å². The lowest BCUT2D eigenvalue weighted by Gasteiger charge is -2.39. The standard InChI is InChI=1S/C13H21N3O2/c1-8-12(7-17)13(15(2)14-8)16-9-3-4-10(16)6-11(18)5-9/h9-11,17-18H,3-7H2,1-2H3. The van der Waals surface area contributed by atoms with Crippen LogP contribution in [0.4, 0.5) is 5.82 Å². The van der Waals surface area contributed by atoms with Crippen molar-refractivity contribution < 1.29 is 10.2 Å². The first-order valence-corrected chi connectivity index (χ1v) is 6.71. The molecule has 5 nitrogen and oxygen atoms in total. The van der Waals surface area contributed by atoms with E-state index in [1.54, 1.807) is 0 Å². The van der Waals surface area contributed by atoms with Gasteiger partial charge in [0.2, 0.25) is 0 Å². The maximum absolute atomic E-state index is 9.86. The van der Waals surface area contributed by atoms with Crippen LogP contribution in [0.5, 0.6) is 0 Å². The number of anilines is 1. The third-order valence-electron chi connectivity index (χ3n) is 4.42. The van der Waals surface area contributed by atoms with Crippen LogP contribution in [0.25, 0.3) is 0 Å². The fraction of sp³-hybridized carbons (Fsp3) is 0.769. The van der Waals surface area contributed by atoms with Gasteiger partial charge in [0.15, 0.2) is 0 Å². The number of aromatic nitrogens is 2. The highest BCUT2D eigenvalue weighted by atomic mass is 16.3. The molecule has 0 aliphatic carbocycles. The second-order valence-electron chi connectivity index (χ2n) is 5.59. The first-order chi connectivity index (χ1) is 8.61. The van der Waals surface area contributed by atoms with Crippen molar-refractivity contribution in [1.29, 1.82) is 0 Å². The number of aliphatic hydroxyl groups excluding tert-OH is 2. The van der Waals surface area contributed by atoms with Crippen molar-refractivity contribution in [2.45, 2.75) is 57.4 Å². The number of nitrogens with zero attached hydrogens (tertiary/aromatic N) is 3. The van der Waals surface area contributed by atoms with E-state index >= 15 is 0 Å². The Labute approximate surface area is 107 Å². The fourth-order valence-corrected chi connectivity index (χ4v) is 3.69. The molecule has 1 aromatic rings. The zero-order chi connectivity index (χ0) is 12.9. The average Bonchev–Trinajstić information content (AvgIpc) is 2.72. The molecule has 0 amide bonds. The van der Waals surface area contributed by atoms with Gasteiger partial charge in [0.1, 0.15) is 5.82 Å². The summed E-state index contributed by atoms with van der Waals surface area (Å²) >= 11 is 0. The molecular formula is C13H21N3O2. The molecule has 2 bridgehead atoms. The molecule has 2 aliphatic heterocycles. The van der Waals surface area contributed by atoms with E-state index in [1.807, 2.05) is 18.7 Å². The summed E-state index contributed by atoms with van der Waals surface area (Å²) in [6.07, 6.45) is 3.79. The maximum atomic E-state index is 9.86. The second-order valence-corrected chi connectivity index (χ2v) is 5.59. The van der Waals surface area contributed by atoms with Crippen molar-refractivity contribution in [3.8, 4) is 0 Å². The summed E-state index contributed by atoms with van der Waals surface area (Å²) in [6, 6.07) is 0.803. The number of hydrogen-bond acceptors (Lipinski definition) is 4. The Hall–Kier alpha value is -1.07. The Kier molecular flexibility index (Phi) is 2.83. The van der Waals surface area contributed by atoms with E-state index in [-0.39, 0.29) is 12.7 Å². The summed E-state index contributed by atoms with van der Waals surface area (Å²) in [5, 5.41) is 23.8. The van der Waals surface area contributed by atoms with Gasteiger partial charge < -0.3 is 15.1 Å². The molecular weight excluding hydrogens is 230 g/mol. The Balaban J connectivity index is 2.01. The minimum absolute atomic E-state index is 0.0352. The lowest BCUT2D eigenvalue weighted by Crippen LogP contribution is -2.46. The first-order valence-electron chi connectivity index (χ1n) is 6.71. The molecule has 2 unspecified atom stereocenters. The molecule has 0 spiro atoms. The largest absolute Gasteiger partial charge is 0.393 e. The van der Waals surface area contributed by atoms with Crippen molar-refractivity contribution >= 4 is 5.82 Å². The SMILES string of the molecule is Cc1nn(C)c(N2C3CCC2CC(O)C3)c1CO. The summed E-state index contributed by atoms with van der Waals surface area (Å²) in [7, 11) is 1.94. The summed E-state index contributed by atoms with van der Waals surface area (Å²) in [6.45, 7) is 1.98. The normalized spacial score (nSPS) is 31.1. The summed E-state index contributed by atoms with van der Waals surface area (Å²) in [5.41, 5.74) is 1.84. The van der Waals surface area contributed by atoms with E-state index in [1.165, 1.54) is 0 Å². The van der Waals surface area contributed by atoms with Crippen LogP contribution in [-0.4, -0.2) is 38.2 Å². The number of aryl methyl sites for hydroxylation is 2. The molecule has 2 atom stereocenters. The molecule has 18 heavy (non-hydrogen) atoms. The molecule has 5 heteroatoms. The minimum Gasteiger partial charge on any atom is -0.393 e. The van der Waals surface area contributed by atoms with Crippen LogP contribution < -0.4 is 4.90 Å². The Morgan fingerprint density at radius 3 is 2.44 bits per heavy atom. The van der Waals surface area contributed by atoms with Crippen molar-refractivity contribution in [3.05, 3.63) is 11.3 Å². The van der Waals surface area contributed by atoms with Crippen LogP contribution in [0.3, 0.4) is 0 Å². The van der Waals surface area contributed by atoms with Crippen LogP contribution in [0.1, 0.15) is 36.9 Å². The van der Waals surface area contributed by atoms with Crippen molar-refractivity contribution in [1.82, 2.24) is 9.78 Å². The van der Waals surface area contributed by atoms with Gasteiger partial charge in [-0.15, -0.1) is 0 Å². The van der Waals surface area contributed by atoms with Crippen molar-refractivity contribution in [2.24, 2.45) is 7.05 Å². The number of rotatable bonds is 2. The Morgan fingerprint density at radius 1 is 1.28 bits per heavy atom. The number of aliphatic hydroxyl groups is 2. The summed E-state index contributed by atoms with van der Waals surface area (Å²) in [4.78, 5) is 2.39. The molecule has 0 saturated carbocycles. The van der Waals surface area contributed by atoms with E-state index in [0.717, 1.165) is 42.8 Å². The number of fused-ring (bicyclic) bond motifs is 2. The maximum Gasteiger partial charge on any atom is 0.132 e. The third-order valence-corrected chi connectivity index (χ3v) is 4.42. The minimum atomic E-state index is -0.161. The molecule has 0 radical (unpaired) electrons. The predicted molar refractivity (Wildman–Crippen MR) is 68.4 cm³/mol. The van der Waals surface area contributed by atoms with Crippen LogP contribution in [0, 0.1) is 6.92 Å². The monoisotopic (exact) mass is 251 g/mol. The van der Waals surface area contributed by atoms with E-state index < -0.39 is 0 Å². The molecule has 3 heterocycles. The van der Waals surface area contributed by atoms with Crippen molar-refractivity contribution in [2.75, 3.05) is 4.90 Å². The molecule has 2 fully saturated rings. The van der Waals surface area contributed by atoms with Crippen LogP contribution in [0.2, 0.25) is 0 Å². The Morgan fingerprint density at radius 2 is 1.89 bits per heavy atom. The van der Waals surface area contributed by atoms with Gasteiger partial charge >= 0.3 is 0 Å². The topological polar surface area (TPSA) is 61.5 Å². The van der Waals surface area contributed by atoms with E-state index in [9.17, 15) is 10.2 Å². The molecule has 1 aromatic heterocycles. The van der Waals surface area contributed by atoms with Gasteiger partial charge in [-0.3, -0.25) is 4.68 Å². The summed E-state index contributed by atoms with van der Waals surface area (Å²) < 4.78 is 1.88. The average molecular weight is 251 g/mol. The molecule has 2 aliphatic rings. The molecule has 2 N–H and O–H groups in total. The first kappa shape index (κ1) is 12.0. The number of piperidine rings is 1. The third kappa shape index (κ3) is 1.65. The van der Waals surface area contributed by atoms with Crippen LogP contribution in [-0.2, 0) is 13.7 Å². The zero-order valence-electron chi connectivity index (χ0n) is 11.0. The summed E-state index contributed by atoms with van der Waals surface area (Å²) in [5.74, 6) is 1.05. The number of hydrogen-bond donors (Lipinski definition) is 2. The second kappa shape index (κ2) is 4.24. The molecule has 3 rings (SSSR count).